The van der Waals surface area contributed by atoms with Gasteiger partial charge in [-0.3, -0.25) is 14.3 Å². The molecule has 0 aliphatic carbocycles. The molecule has 2 aliphatic rings. The van der Waals surface area contributed by atoms with E-state index in [9.17, 15) is 14.4 Å². The van der Waals surface area contributed by atoms with Crippen LogP contribution >= 0.6 is 0 Å². The molecule has 1 aromatic heterocycles. The van der Waals surface area contributed by atoms with E-state index in [0.717, 1.165) is 5.69 Å². The average Bonchev–Trinajstić information content (AvgIpc) is 3.18. The van der Waals surface area contributed by atoms with E-state index in [1.54, 1.807) is 32.0 Å². The Hall–Kier alpha value is -2.58. The van der Waals surface area contributed by atoms with Gasteiger partial charge in [-0.1, -0.05) is 0 Å². The van der Waals surface area contributed by atoms with Crippen LogP contribution in [-0.2, 0) is 16.1 Å². The first kappa shape index (κ1) is 16.3. The van der Waals surface area contributed by atoms with Crippen LogP contribution in [0.15, 0.2) is 6.07 Å². The molecule has 2 saturated heterocycles. The molecule has 1 aromatic rings. The number of hydrogen-bond acceptors (Lipinski definition) is 5. The highest BCUT2D eigenvalue weighted by atomic mass is 16.6. The van der Waals surface area contributed by atoms with Crippen molar-refractivity contribution in [1.29, 1.82) is 0 Å². The third-order valence-electron chi connectivity index (χ3n) is 4.52. The highest BCUT2D eigenvalue weighted by molar-refractivity contribution is 5.93. The van der Waals surface area contributed by atoms with E-state index in [2.05, 4.69) is 10.4 Å². The van der Waals surface area contributed by atoms with Crippen LogP contribution in [0, 0.1) is 6.92 Å². The molecule has 0 radical (unpaired) electrons. The molecule has 1 atom stereocenters. The molecule has 3 amide bonds. The second-order valence-electron chi connectivity index (χ2n) is 6.39. The highest BCUT2D eigenvalue weighted by Crippen LogP contribution is 2.32. The van der Waals surface area contributed by atoms with E-state index in [1.807, 2.05) is 0 Å². The minimum Gasteiger partial charge on any atom is -0.439 e. The number of likely N-dealkylation sites (N-methyl/N-ethyl adjacent to an activating group) is 2. The summed E-state index contributed by atoms with van der Waals surface area (Å²) in [5, 5.41) is 6.76. The number of carbonyl (C=O) groups excluding carboxylic acids is 3. The van der Waals surface area contributed by atoms with Crippen LogP contribution in [0.25, 0.3) is 0 Å². The summed E-state index contributed by atoms with van der Waals surface area (Å²) in [4.78, 5) is 38.9. The third-order valence-corrected chi connectivity index (χ3v) is 4.52. The normalized spacial score (nSPS) is 23.0. The van der Waals surface area contributed by atoms with Gasteiger partial charge in [-0.25, -0.2) is 4.79 Å². The van der Waals surface area contributed by atoms with Crippen molar-refractivity contribution in [3.05, 3.63) is 17.5 Å². The van der Waals surface area contributed by atoms with Crippen LogP contribution in [0.2, 0.25) is 0 Å². The van der Waals surface area contributed by atoms with E-state index in [0.29, 0.717) is 31.7 Å². The molecule has 9 nitrogen and oxygen atoms in total. The lowest BCUT2D eigenvalue weighted by atomic mass is 10.0. The van der Waals surface area contributed by atoms with E-state index < -0.39 is 5.60 Å². The molecule has 9 heteroatoms. The Labute approximate surface area is 139 Å². The first-order valence-electron chi connectivity index (χ1n) is 7.82. The lowest BCUT2D eigenvalue weighted by Crippen LogP contribution is -2.39. The molecule has 24 heavy (non-hydrogen) atoms. The quantitative estimate of drug-likeness (QED) is 0.811. The van der Waals surface area contributed by atoms with Gasteiger partial charge in [-0.05, 0) is 13.0 Å². The Morgan fingerprint density at radius 2 is 2.17 bits per heavy atom. The van der Waals surface area contributed by atoms with Crippen LogP contribution in [0.3, 0.4) is 0 Å². The van der Waals surface area contributed by atoms with Gasteiger partial charge in [0.1, 0.15) is 6.54 Å². The maximum absolute atomic E-state index is 12.7. The second kappa shape index (κ2) is 5.81. The van der Waals surface area contributed by atoms with Crippen molar-refractivity contribution >= 4 is 17.9 Å². The molecule has 0 bridgehead atoms. The largest absolute Gasteiger partial charge is 0.439 e. The van der Waals surface area contributed by atoms with Crippen LogP contribution in [0.1, 0.15) is 22.6 Å². The molecule has 0 unspecified atom stereocenters. The van der Waals surface area contributed by atoms with Gasteiger partial charge < -0.3 is 19.9 Å². The van der Waals surface area contributed by atoms with Gasteiger partial charge >= 0.3 is 6.09 Å². The van der Waals surface area contributed by atoms with Crippen molar-refractivity contribution in [2.24, 2.45) is 0 Å². The smallest absolute Gasteiger partial charge is 0.410 e. The van der Waals surface area contributed by atoms with Crippen molar-refractivity contribution in [3.8, 4) is 0 Å². The molecular weight excluding hydrogens is 314 g/mol. The fraction of sp³-hybridized carbons (Fsp3) is 0.600. The monoisotopic (exact) mass is 335 g/mol. The Morgan fingerprint density at radius 1 is 1.42 bits per heavy atom. The molecular formula is C15H21N5O4. The van der Waals surface area contributed by atoms with Crippen molar-refractivity contribution < 1.29 is 19.1 Å². The number of aromatic nitrogens is 2. The van der Waals surface area contributed by atoms with Crippen LogP contribution in [0.5, 0.6) is 0 Å². The Balaban J connectivity index is 1.71. The first-order valence-corrected chi connectivity index (χ1v) is 7.82. The number of likely N-dealkylation sites (tertiary alicyclic amines) is 1. The van der Waals surface area contributed by atoms with Crippen molar-refractivity contribution in [3.63, 3.8) is 0 Å². The average molecular weight is 335 g/mol. The zero-order valence-electron chi connectivity index (χ0n) is 14.0. The molecule has 3 rings (SSSR count). The van der Waals surface area contributed by atoms with Gasteiger partial charge in [-0.2, -0.15) is 5.10 Å². The van der Waals surface area contributed by atoms with Gasteiger partial charge in [0.05, 0.1) is 13.1 Å². The van der Waals surface area contributed by atoms with Crippen LogP contribution in [-0.4, -0.2) is 76.8 Å². The van der Waals surface area contributed by atoms with Gasteiger partial charge in [0.15, 0.2) is 11.3 Å². The molecule has 2 aliphatic heterocycles. The highest BCUT2D eigenvalue weighted by Gasteiger charge is 2.49. The summed E-state index contributed by atoms with van der Waals surface area (Å²) >= 11 is 0. The predicted octanol–water partition coefficient (Wildman–Crippen LogP) is -0.396. The molecule has 1 spiro atoms. The topological polar surface area (TPSA) is 96.8 Å². The zero-order valence-corrected chi connectivity index (χ0v) is 14.0. The van der Waals surface area contributed by atoms with Gasteiger partial charge in [0.25, 0.3) is 5.91 Å². The van der Waals surface area contributed by atoms with Crippen LogP contribution in [0.4, 0.5) is 4.79 Å². The summed E-state index contributed by atoms with van der Waals surface area (Å²) in [5.74, 6) is -0.391. The molecule has 0 aromatic carbocycles. The van der Waals surface area contributed by atoms with Crippen molar-refractivity contribution in [2.45, 2.75) is 25.5 Å². The van der Waals surface area contributed by atoms with Gasteiger partial charge in [0.2, 0.25) is 5.91 Å². The van der Waals surface area contributed by atoms with E-state index in [-0.39, 0.29) is 24.5 Å². The van der Waals surface area contributed by atoms with Crippen molar-refractivity contribution in [2.75, 3.05) is 33.7 Å². The van der Waals surface area contributed by atoms with Crippen molar-refractivity contribution in [1.82, 2.24) is 24.9 Å². The van der Waals surface area contributed by atoms with E-state index >= 15 is 0 Å². The minimum absolute atomic E-state index is 0.0714. The predicted molar refractivity (Wildman–Crippen MR) is 83.4 cm³/mol. The van der Waals surface area contributed by atoms with Crippen LogP contribution < -0.4 is 5.32 Å². The maximum atomic E-state index is 12.7. The standard InChI is InChI=1S/C15H21N5O4/c1-10-6-11(17-20(10)7-12(21)16-2)13(22)19-5-4-15(9-19)8-18(3)14(23)24-15/h6H,4-5,7-9H2,1-3H3,(H,16,21)/t15-/m0/s1. The number of nitrogens with one attached hydrogen (secondary N) is 1. The fourth-order valence-corrected chi connectivity index (χ4v) is 3.17. The summed E-state index contributed by atoms with van der Waals surface area (Å²) < 4.78 is 6.95. The molecule has 3 heterocycles. The Bertz CT molecular complexity index is 700. The van der Waals surface area contributed by atoms with E-state index in [4.69, 9.17) is 4.74 Å². The first-order chi connectivity index (χ1) is 11.3. The number of amides is 3. The summed E-state index contributed by atoms with van der Waals surface area (Å²) in [6, 6.07) is 1.67. The molecule has 2 fully saturated rings. The number of carbonyl (C=O) groups is 3. The minimum atomic E-state index is -0.610. The lowest BCUT2D eigenvalue weighted by Gasteiger charge is -2.21. The number of rotatable bonds is 3. The lowest BCUT2D eigenvalue weighted by molar-refractivity contribution is -0.121. The molecule has 1 N–H and O–H groups in total. The van der Waals surface area contributed by atoms with E-state index in [1.165, 1.54) is 9.58 Å². The summed E-state index contributed by atoms with van der Waals surface area (Å²) in [7, 11) is 3.24. The summed E-state index contributed by atoms with van der Waals surface area (Å²) in [6.45, 7) is 3.23. The third kappa shape index (κ3) is 2.81. The molecule has 0 saturated carbocycles. The fourth-order valence-electron chi connectivity index (χ4n) is 3.17. The van der Waals surface area contributed by atoms with Gasteiger partial charge in [0, 0.05) is 32.8 Å². The second-order valence-corrected chi connectivity index (χ2v) is 6.39. The zero-order chi connectivity index (χ0) is 17.5. The summed E-state index contributed by atoms with van der Waals surface area (Å²) in [6.07, 6.45) is 0.266. The Morgan fingerprint density at radius 3 is 2.79 bits per heavy atom. The number of hydrogen-bond donors (Lipinski definition) is 1. The number of aryl methyl sites for hydroxylation is 1. The Kier molecular flexibility index (Phi) is 3.94. The maximum Gasteiger partial charge on any atom is 0.410 e. The summed E-state index contributed by atoms with van der Waals surface area (Å²) in [5.41, 5.74) is 0.426. The SMILES string of the molecule is CNC(=O)Cn1nc(C(=O)N2CC[C@]3(CN(C)C(=O)O3)C2)cc1C. The van der Waals surface area contributed by atoms with Gasteiger partial charge in [-0.15, -0.1) is 0 Å². The number of nitrogens with zero attached hydrogens (tertiary/aromatic N) is 4. The molecule has 130 valence electrons. The number of ether oxygens (including phenoxy) is 1.